The molecule has 0 saturated carbocycles. The van der Waals surface area contributed by atoms with Gasteiger partial charge in [0.1, 0.15) is 5.82 Å². The molecule has 2 aromatic carbocycles. The highest BCUT2D eigenvalue weighted by Gasteiger charge is 2.17. The molecule has 8 heteroatoms. The number of halogens is 1. The summed E-state index contributed by atoms with van der Waals surface area (Å²) in [4.78, 5) is 11.8. The zero-order chi connectivity index (χ0) is 21.4. The van der Waals surface area contributed by atoms with Crippen molar-refractivity contribution < 1.29 is 4.74 Å². The van der Waals surface area contributed by atoms with Crippen LogP contribution in [0.5, 0.6) is 0 Å². The highest BCUT2D eigenvalue weighted by atomic mass is 35.5. The van der Waals surface area contributed by atoms with Crippen LogP contribution in [-0.2, 0) is 11.8 Å². The SMILES string of the molecule is Cc1nn(C)c2cc(-c3cc(Nc4ccc(Cl)cc4)nc(N4CCOCC4)n3)ccc12. The van der Waals surface area contributed by atoms with Crippen molar-refractivity contribution in [2.75, 3.05) is 36.5 Å². The third kappa shape index (κ3) is 4.06. The smallest absolute Gasteiger partial charge is 0.228 e. The molecule has 0 radical (unpaired) electrons. The van der Waals surface area contributed by atoms with Gasteiger partial charge >= 0.3 is 0 Å². The summed E-state index contributed by atoms with van der Waals surface area (Å²) in [6, 6.07) is 15.9. The summed E-state index contributed by atoms with van der Waals surface area (Å²) >= 11 is 6.03. The number of nitrogens with one attached hydrogen (secondary N) is 1. The lowest BCUT2D eigenvalue weighted by molar-refractivity contribution is 0.122. The monoisotopic (exact) mass is 434 g/mol. The molecule has 0 bridgehead atoms. The fraction of sp³-hybridized carbons (Fsp3) is 0.261. The Morgan fingerprint density at radius 1 is 1.00 bits per heavy atom. The van der Waals surface area contributed by atoms with Crippen LogP contribution >= 0.6 is 11.6 Å². The molecule has 0 aliphatic carbocycles. The number of hydrogen-bond acceptors (Lipinski definition) is 6. The van der Waals surface area contributed by atoms with Gasteiger partial charge in [-0.3, -0.25) is 4.68 Å². The second-order valence-corrected chi connectivity index (χ2v) is 8.05. The van der Waals surface area contributed by atoms with Gasteiger partial charge in [-0.05, 0) is 37.3 Å². The summed E-state index contributed by atoms with van der Waals surface area (Å²) in [7, 11) is 1.96. The molecule has 1 aliphatic heterocycles. The molecule has 1 fully saturated rings. The van der Waals surface area contributed by atoms with Gasteiger partial charge in [0.15, 0.2) is 0 Å². The van der Waals surface area contributed by atoms with Crippen LogP contribution in [0.4, 0.5) is 17.5 Å². The third-order valence-electron chi connectivity index (χ3n) is 5.46. The summed E-state index contributed by atoms with van der Waals surface area (Å²) in [5.74, 6) is 1.42. The number of nitrogens with zero attached hydrogens (tertiary/aromatic N) is 5. The van der Waals surface area contributed by atoms with E-state index in [9.17, 15) is 0 Å². The molecule has 0 unspecified atom stereocenters. The number of hydrogen-bond donors (Lipinski definition) is 1. The van der Waals surface area contributed by atoms with Crippen molar-refractivity contribution >= 4 is 40.0 Å². The average Bonchev–Trinajstić information content (AvgIpc) is 3.08. The second kappa shape index (κ2) is 8.17. The van der Waals surface area contributed by atoms with Crippen LogP contribution < -0.4 is 10.2 Å². The number of rotatable bonds is 4. The molecule has 0 spiro atoms. The maximum atomic E-state index is 6.03. The molecule has 1 aliphatic rings. The fourth-order valence-corrected chi connectivity index (χ4v) is 3.96. The summed E-state index contributed by atoms with van der Waals surface area (Å²) in [6.45, 7) is 4.91. The van der Waals surface area contributed by atoms with E-state index in [4.69, 9.17) is 26.3 Å². The van der Waals surface area contributed by atoms with E-state index in [0.29, 0.717) is 24.2 Å². The first-order chi connectivity index (χ1) is 15.1. The van der Waals surface area contributed by atoms with Crippen molar-refractivity contribution in [3.8, 4) is 11.3 Å². The molecule has 7 nitrogen and oxygen atoms in total. The van der Waals surface area contributed by atoms with Crippen molar-refractivity contribution in [3.63, 3.8) is 0 Å². The summed E-state index contributed by atoms with van der Waals surface area (Å²) in [5.41, 5.74) is 4.89. The van der Waals surface area contributed by atoms with Crippen molar-refractivity contribution in [2.24, 2.45) is 7.05 Å². The van der Waals surface area contributed by atoms with Gasteiger partial charge in [0, 0.05) is 47.9 Å². The van der Waals surface area contributed by atoms with Gasteiger partial charge in [-0.25, -0.2) is 4.98 Å². The topological polar surface area (TPSA) is 68.1 Å². The first-order valence-corrected chi connectivity index (χ1v) is 10.6. The van der Waals surface area contributed by atoms with Crippen LogP contribution in [0.15, 0.2) is 48.5 Å². The molecule has 3 heterocycles. The summed E-state index contributed by atoms with van der Waals surface area (Å²) in [6.07, 6.45) is 0. The van der Waals surface area contributed by atoms with Crippen LogP contribution in [0.3, 0.4) is 0 Å². The minimum atomic E-state index is 0.674. The van der Waals surface area contributed by atoms with Crippen LogP contribution in [0, 0.1) is 6.92 Å². The number of anilines is 3. The maximum absolute atomic E-state index is 6.03. The largest absolute Gasteiger partial charge is 0.378 e. The van der Waals surface area contributed by atoms with Gasteiger partial charge in [0.25, 0.3) is 0 Å². The van der Waals surface area contributed by atoms with Gasteiger partial charge in [-0.2, -0.15) is 10.1 Å². The third-order valence-corrected chi connectivity index (χ3v) is 5.71. The Kier molecular flexibility index (Phi) is 5.21. The number of fused-ring (bicyclic) bond motifs is 1. The molecule has 4 aromatic rings. The highest BCUT2D eigenvalue weighted by Crippen LogP contribution is 2.29. The van der Waals surface area contributed by atoms with E-state index in [0.717, 1.165) is 52.4 Å². The summed E-state index contributed by atoms with van der Waals surface area (Å²) in [5, 5.41) is 9.77. The Bertz CT molecular complexity index is 1230. The number of aromatic nitrogens is 4. The molecule has 158 valence electrons. The van der Waals surface area contributed by atoms with E-state index in [1.54, 1.807) is 0 Å². The fourth-order valence-electron chi connectivity index (χ4n) is 3.83. The Morgan fingerprint density at radius 3 is 2.55 bits per heavy atom. The molecule has 0 amide bonds. The number of morpholine rings is 1. The molecular weight excluding hydrogens is 412 g/mol. The number of aryl methyl sites for hydroxylation is 2. The Labute approximate surface area is 185 Å². The van der Waals surface area contributed by atoms with Crippen LogP contribution in [-0.4, -0.2) is 46.1 Å². The van der Waals surface area contributed by atoms with Crippen molar-refractivity contribution in [3.05, 3.63) is 59.2 Å². The van der Waals surface area contributed by atoms with E-state index in [1.807, 2.05) is 49.0 Å². The van der Waals surface area contributed by atoms with Gasteiger partial charge < -0.3 is 15.0 Å². The maximum Gasteiger partial charge on any atom is 0.228 e. The zero-order valence-corrected chi connectivity index (χ0v) is 18.2. The zero-order valence-electron chi connectivity index (χ0n) is 17.5. The molecule has 31 heavy (non-hydrogen) atoms. The van der Waals surface area contributed by atoms with E-state index in [1.165, 1.54) is 0 Å². The predicted octanol–water partition coefficient (Wildman–Crippen LogP) is 4.57. The lowest BCUT2D eigenvalue weighted by atomic mass is 10.1. The minimum absolute atomic E-state index is 0.674. The Morgan fingerprint density at radius 2 is 1.77 bits per heavy atom. The first kappa shape index (κ1) is 19.8. The average molecular weight is 435 g/mol. The second-order valence-electron chi connectivity index (χ2n) is 7.61. The van der Waals surface area contributed by atoms with Crippen LogP contribution in [0.1, 0.15) is 5.69 Å². The summed E-state index contributed by atoms with van der Waals surface area (Å²) < 4.78 is 7.41. The minimum Gasteiger partial charge on any atom is -0.378 e. The van der Waals surface area contributed by atoms with Gasteiger partial charge in [-0.1, -0.05) is 23.7 Å². The molecule has 1 saturated heterocycles. The quantitative estimate of drug-likeness (QED) is 0.507. The molecule has 5 rings (SSSR count). The van der Waals surface area contributed by atoms with Gasteiger partial charge in [0.2, 0.25) is 5.95 Å². The normalized spacial score (nSPS) is 14.2. The Hall–Kier alpha value is -3.16. The first-order valence-electron chi connectivity index (χ1n) is 10.2. The molecule has 0 atom stereocenters. The van der Waals surface area contributed by atoms with Crippen molar-refractivity contribution in [1.29, 1.82) is 0 Å². The van der Waals surface area contributed by atoms with Gasteiger partial charge in [-0.15, -0.1) is 0 Å². The van der Waals surface area contributed by atoms with Crippen LogP contribution in [0.25, 0.3) is 22.2 Å². The van der Waals surface area contributed by atoms with E-state index >= 15 is 0 Å². The van der Waals surface area contributed by atoms with E-state index in [-0.39, 0.29) is 0 Å². The Balaban J connectivity index is 1.58. The van der Waals surface area contributed by atoms with Crippen molar-refractivity contribution in [1.82, 2.24) is 19.7 Å². The lowest BCUT2D eigenvalue weighted by Gasteiger charge is -2.27. The van der Waals surface area contributed by atoms with E-state index < -0.39 is 0 Å². The molecule has 1 N–H and O–H groups in total. The van der Waals surface area contributed by atoms with Crippen LogP contribution in [0.2, 0.25) is 5.02 Å². The molecular formula is C23H23ClN6O. The predicted molar refractivity (Wildman–Crippen MR) is 124 cm³/mol. The highest BCUT2D eigenvalue weighted by molar-refractivity contribution is 6.30. The van der Waals surface area contributed by atoms with Crippen molar-refractivity contribution in [2.45, 2.75) is 6.92 Å². The number of ether oxygens (including phenoxy) is 1. The lowest BCUT2D eigenvalue weighted by Crippen LogP contribution is -2.37. The standard InChI is InChI=1S/C23H23ClN6O/c1-15-19-8-3-16(13-21(19)29(2)28-15)20-14-22(25-18-6-4-17(24)5-7-18)27-23(26-20)30-9-11-31-12-10-30/h3-8,13-14H,9-12H2,1-2H3,(H,25,26,27). The molecule has 2 aromatic heterocycles. The van der Waals surface area contributed by atoms with E-state index in [2.05, 4.69) is 33.5 Å². The van der Waals surface area contributed by atoms with Gasteiger partial charge in [0.05, 0.1) is 30.1 Å². The number of benzene rings is 2.